The van der Waals surface area contributed by atoms with Crippen LogP contribution in [-0.4, -0.2) is 15.8 Å². The molecule has 114 heavy (non-hydrogen) atoms. The molecular formula is C108H101BN4S. The Morgan fingerprint density at radius 1 is 0.254 bits per heavy atom. The lowest BCUT2D eigenvalue weighted by Crippen LogP contribution is -2.61. The van der Waals surface area contributed by atoms with E-state index in [9.17, 15) is 5.48 Å². The zero-order valence-corrected chi connectivity index (χ0v) is 69.8. The quantitative estimate of drug-likeness (QED) is 0.141. The van der Waals surface area contributed by atoms with Crippen LogP contribution in [-0.2, 0) is 32.5 Å². The van der Waals surface area contributed by atoms with E-state index in [0.717, 1.165) is 116 Å². The summed E-state index contributed by atoms with van der Waals surface area (Å²) in [6, 6.07) is 94.8. The van der Waals surface area contributed by atoms with Crippen molar-refractivity contribution in [3.8, 4) is 55.9 Å². The van der Waals surface area contributed by atoms with Gasteiger partial charge in [-0.1, -0.05) is 306 Å². The molecule has 0 unspecified atom stereocenters. The average Bonchev–Trinajstić information content (AvgIpc) is 1.16. The minimum atomic E-state index is -0.431. The van der Waals surface area contributed by atoms with Gasteiger partial charge in [0, 0.05) is 60.8 Å². The fourth-order valence-electron chi connectivity index (χ4n) is 18.0. The van der Waals surface area contributed by atoms with Crippen molar-refractivity contribution in [2.45, 2.75) is 157 Å². The van der Waals surface area contributed by atoms with E-state index >= 15 is 0 Å². The largest absolute Gasteiger partial charge is 0.311 e. The van der Waals surface area contributed by atoms with Crippen LogP contribution in [0.3, 0.4) is 0 Å². The number of anilines is 6. The lowest BCUT2D eigenvalue weighted by molar-refractivity contribution is 0.569. The fraction of sp³-hybridized carbons (Fsp3) is 0.222. The van der Waals surface area contributed by atoms with Gasteiger partial charge in [-0.25, -0.2) is 0 Å². The first-order chi connectivity index (χ1) is 56.4. The van der Waals surface area contributed by atoms with Crippen LogP contribution in [0.2, 0.25) is 0 Å². The number of benzene rings is 14. The number of fused-ring (bicyclic) bond motifs is 13. The highest BCUT2D eigenvalue weighted by molar-refractivity contribution is 7.27. The zero-order chi connectivity index (χ0) is 83.5. The number of rotatable bonds is 8. The van der Waals surface area contributed by atoms with E-state index in [-0.39, 0.29) is 62.2 Å². The minimum Gasteiger partial charge on any atom is -0.311 e. The predicted octanol–water partition coefficient (Wildman–Crippen LogP) is 28.8. The summed E-state index contributed by atoms with van der Waals surface area (Å²) in [5.74, 6) is 0. The normalized spacial score (nSPS) is 14.1. The van der Waals surface area contributed by atoms with Gasteiger partial charge < -0.3 is 18.9 Å². The molecule has 19 rings (SSSR count). The van der Waals surface area contributed by atoms with Gasteiger partial charge in [0.1, 0.15) is 0 Å². The maximum atomic E-state index is 9.69. The van der Waals surface area contributed by atoms with E-state index in [4.69, 9.17) is 1.37 Å². The molecule has 6 heteroatoms. The molecule has 562 valence electrons. The monoisotopic (exact) mass is 1500 g/mol. The van der Waals surface area contributed by atoms with Crippen LogP contribution in [0.15, 0.2) is 285 Å². The molecule has 2 aliphatic heterocycles. The molecule has 0 fully saturated rings. The Hall–Kier alpha value is -11.4. The van der Waals surface area contributed by atoms with E-state index in [2.05, 4.69) is 392 Å². The van der Waals surface area contributed by atoms with Crippen molar-refractivity contribution in [2.75, 3.05) is 9.80 Å². The molecule has 0 bridgehead atoms. The Morgan fingerprint density at radius 3 is 1.10 bits per heavy atom. The van der Waals surface area contributed by atoms with Crippen LogP contribution < -0.4 is 26.2 Å². The lowest BCUT2D eigenvalue weighted by atomic mass is 9.33. The van der Waals surface area contributed by atoms with Crippen molar-refractivity contribution in [1.29, 1.82) is 0 Å². The molecule has 14 aromatic carbocycles. The Balaban J connectivity index is 0.979. The summed E-state index contributed by atoms with van der Waals surface area (Å²) in [5, 5.41) is 7.19. The first-order valence-electron chi connectivity index (χ1n) is 43.1. The average molecular weight is 1500 g/mol. The summed E-state index contributed by atoms with van der Waals surface area (Å²) in [4.78, 5) is 5.09. The van der Waals surface area contributed by atoms with Crippen molar-refractivity contribution in [3.63, 3.8) is 0 Å². The van der Waals surface area contributed by atoms with Gasteiger partial charge in [-0.2, -0.15) is 0 Å². The summed E-state index contributed by atoms with van der Waals surface area (Å²) in [7, 11) is 0. The first kappa shape index (κ1) is 67.1. The van der Waals surface area contributed by atoms with Crippen molar-refractivity contribution in [3.05, 3.63) is 318 Å². The lowest BCUT2D eigenvalue weighted by Gasteiger charge is -2.45. The number of thiophene rings is 1. The first-order valence-corrected chi connectivity index (χ1v) is 41.4. The minimum absolute atomic E-state index is 0.0671. The topological polar surface area (TPSA) is 16.3 Å². The van der Waals surface area contributed by atoms with Crippen molar-refractivity contribution in [1.82, 2.24) is 9.13 Å². The van der Waals surface area contributed by atoms with Gasteiger partial charge in [-0.05, 0) is 230 Å². The molecule has 0 atom stereocenters. The van der Waals surface area contributed by atoms with Crippen LogP contribution >= 0.6 is 11.3 Å². The summed E-state index contributed by atoms with van der Waals surface area (Å²) < 4.78 is 54.0. The molecule has 0 aliphatic carbocycles. The molecule has 0 radical (unpaired) electrons. The maximum absolute atomic E-state index is 9.69. The third-order valence-corrected chi connectivity index (χ3v) is 25.7. The molecule has 0 saturated carbocycles. The molecule has 3 aromatic heterocycles. The second kappa shape index (κ2) is 26.1. The maximum Gasteiger partial charge on any atom is 0.252 e. The molecular weight excluding hydrogens is 1400 g/mol. The molecule has 0 amide bonds. The van der Waals surface area contributed by atoms with Crippen LogP contribution in [0.4, 0.5) is 34.1 Å². The molecule has 2 aliphatic rings. The highest BCUT2D eigenvalue weighted by Gasteiger charge is 2.45. The van der Waals surface area contributed by atoms with Gasteiger partial charge in [0.05, 0.1) is 55.4 Å². The Bertz CT molecular complexity index is 6860. The number of hydrogen-bond donors (Lipinski definition) is 0. The van der Waals surface area contributed by atoms with Gasteiger partial charge in [0.2, 0.25) is 0 Å². The van der Waals surface area contributed by atoms with Gasteiger partial charge >= 0.3 is 0 Å². The van der Waals surface area contributed by atoms with Crippen LogP contribution in [0.25, 0.3) is 120 Å². The number of aromatic nitrogens is 2. The van der Waals surface area contributed by atoms with Gasteiger partial charge in [0.15, 0.2) is 0 Å². The van der Waals surface area contributed by atoms with E-state index < -0.39 is 12.8 Å². The Labute approximate surface area is 685 Å². The van der Waals surface area contributed by atoms with Gasteiger partial charge in [0.25, 0.3) is 6.71 Å². The molecule has 5 heterocycles. The second-order valence-electron chi connectivity index (χ2n) is 38.4. The van der Waals surface area contributed by atoms with Gasteiger partial charge in [-0.15, -0.1) is 11.3 Å². The predicted molar refractivity (Wildman–Crippen MR) is 496 cm³/mol. The van der Waals surface area contributed by atoms with E-state index in [1.807, 2.05) is 17.4 Å². The van der Waals surface area contributed by atoms with Crippen LogP contribution in [0.1, 0.15) is 165 Å². The van der Waals surface area contributed by atoms with Crippen molar-refractivity contribution < 1.29 is 6.85 Å². The molecule has 0 N–H and O–H groups in total. The van der Waals surface area contributed by atoms with E-state index in [1.165, 1.54) is 76.0 Å². The summed E-state index contributed by atoms with van der Waals surface area (Å²) in [6.07, 6.45) is 0. The highest BCUT2D eigenvalue weighted by Crippen LogP contribution is 2.54. The zero-order valence-electron chi connectivity index (χ0n) is 74.0. The standard InChI is InChI=1S/C108H101BN4S/c1-103(2,3)74-42-48-90-84(60-74)85-61-75(104(4,5)6)43-49-91(85)110(90)81-64-98-100-99(65-81)113(95-39-29-37-83-82-36-28-38-94(101(82)114-102(83)95)112-92-50-44-76(105(7,8)9)62-86(92)87-63-77(106(10,11)12)45-51-93(87)112)97-58-70(73-53-78(107(13,14)15)59-79(54-73)108(16,17)18)41-47-89(97)109(100)88-46-40-69(66-30-22-19-23-31-66)57-96(88)111(98)80-55-71(67-32-24-20-25-33-67)52-72(56-80)68-34-26-21-27-35-68/h19-65H,1-18H3/i19D,22D,23D,30D,31D. The highest BCUT2D eigenvalue weighted by atomic mass is 32.1. The Morgan fingerprint density at radius 2 is 0.649 bits per heavy atom. The Kier molecular flexibility index (Phi) is 15.3. The van der Waals surface area contributed by atoms with Crippen LogP contribution in [0.5, 0.6) is 0 Å². The summed E-state index contributed by atoms with van der Waals surface area (Å²) in [5.41, 5.74) is 29.5. The van der Waals surface area contributed by atoms with E-state index in [0.29, 0.717) is 5.56 Å². The van der Waals surface area contributed by atoms with Gasteiger partial charge in [-0.3, -0.25) is 0 Å². The third-order valence-electron chi connectivity index (χ3n) is 24.5. The second-order valence-corrected chi connectivity index (χ2v) is 39.4. The van der Waals surface area contributed by atoms with E-state index in [1.54, 1.807) is 0 Å². The molecule has 4 nitrogen and oxygen atoms in total. The molecule has 17 aromatic rings. The smallest absolute Gasteiger partial charge is 0.252 e. The van der Waals surface area contributed by atoms with Crippen LogP contribution in [0, 0.1) is 0 Å². The SMILES string of the molecule is [2H]c1c([2H])c([2H])c(-c2ccc3c(c2)N(c2cc(-c4ccccc4)cc(-c4ccccc4)c2)c2cc(-n4c5ccc(C(C)(C)C)cc5c5cc(C(C)(C)C)ccc54)cc4c2B3c2ccc(-c3cc(C(C)(C)C)cc(C(C)(C)C)c3)cc2N4c2cccc3c2sc2c(-n4c5ccc(C(C)(C)C)cc5c5cc(C(C)(C)C)ccc54)cccc23)c([2H])c1[2H]. The molecule has 0 saturated heterocycles. The fourth-order valence-corrected chi connectivity index (χ4v) is 19.3. The van der Waals surface area contributed by atoms with Crippen molar-refractivity contribution >= 4 is 132 Å². The number of hydrogen-bond acceptors (Lipinski definition) is 3. The third kappa shape index (κ3) is 12.1. The summed E-state index contributed by atoms with van der Waals surface area (Å²) >= 11 is 1.88. The molecule has 0 spiro atoms. The van der Waals surface area contributed by atoms with Crippen molar-refractivity contribution in [2.24, 2.45) is 0 Å². The number of nitrogens with zero attached hydrogens (tertiary/aromatic N) is 4. The summed E-state index contributed by atoms with van der Waals surface area (Å²) in [6.45, 7) is 41.2.